The number of hydrogen-bond donors (Lipinski definition) is 0. The molecule has 1 heterocycles. The number of methoxy groups -OCH3 is 1. The molecule has 2 atom stereocenters. The van der Waals surface area contributed by atoms with Crippen molar-refractivity contribution in [3.8, 4) is 0 Å². The third-order valence-corrected chi connectivity index (χ3v) is 4.63. The Labute approximate surface area is 134 Å². The molecular formula is C16H19NO4S. The van der Waals surface area contributed by atoms with Crippen LogP contribution in [0.25, 0.3) is 0 Å². The van der Waals surface area contributed by atoms with Crippen LogP contribution in [0.5, 0.6) is 0 Å². The lowest BCUT2D eigenvalue weighted by Gasteiger charge is -2.28. The zero-order valence-electron chi connectivity index (χ0n) is 12.4. The van der Waals surface area contributed by atoms with E-state index in [0.717, 1.165) is 5.56 Å². The number of thioether (sulfide) groups is 1. The van der Waals surface area contributed by atoms with Crippen LogP contribution in [0, 0.1) is 0 Å². The van der Waals surface area contributed by atoms with Crippen LogP contribution >= 0.6 is 11.8 Å². The monoisotopic (exact) mass is 321 g/mol. The van der Waals surface area contributed by atoms with Gasteiger partial charge in [-0.1, -0.05) is 36.4 Å². The number of ether oxygens (including phenoxy) is 2. The molecule has 1 aromatic carbocycles. The Hall–Kier alpha value is -1.79. The summed E-state index contributed by atoms with van der Waals surface area (Å²) >= 11 is 1.55. The van der Waals surface area contributed by atoms with Gasteiger partial charge >= 0.3 is 5.97 Å². The van der Waals surface area contributed by atoms with Gasteiger partial charge in [-0.15, -0.1) is 18.3 Å². The highest BCUT2D eigenvalue weighted by Crippen LogP contribution is 2.41. The van der Waals surface area contributed by atoms with Crippen LogP contribution in [0.2, 0.25) is 0 Å². The Morgan fingerprint density at radius 2 is 2.14 bits per heavy atom. The molecule has 1 amide bonds. The van der Waals surface area contributed by atoms with Crippen LogP contribution in [0.15, 0.2) is 43.0 Å². The molecule has 0 aromatic heterocycles. The van der Waals surface area contributed by atoms with Gasteiger partial charge in [0.15, 0.2) is 0 Å². The zero-order chi connectivity index (χ0) is 15.9. The Balaban J connectivity index is 2.20. The number of benzene rings is 1. The highest BCUT2D eigenvalue weighted by atomic mass is 32.2. The van der Waals surface area contributed by atoms with Crippen molar-refractivity contribution in [1.29, 1.82) is 0 Å². The maximum atomic E-state index is 12.5. The maximum absolute atomic E-state index is 12.5. The highest BCUT2D eigenvalue weighted by molar-refractivity contribution is 7.99. The lowest BCUT2D eigenvalue weighted by atomic mass is 10.1. The van der Waals surface area contributed by atoms with Crippen molar-refractivity contribution in [2.24, 2.45) is 0 Å². The summed E-state index contributed by atoms with van der Waals surface area (Å²) in [5.74, 6) is -0.113. The summed E-state index contributed by atoms with van der Waals surface area (Å²) < 4.78 is 10.1. The molecule has 22 heavy (non-hydrogen) atoms. The molecule has 0 unspecified atom stereocenters. The van der Waals surface area contributed by atoms with Crippen LogP contribution in [-0.2, 0) is 19.1 Å². The summed E-state index contributed by atoms with van der Waals surface area (Å²) in [6, 6.07) is 9.06. The van der Waals surface area contributed by atoms with Gasteiger partial charge in [0.25, 0.3) is 5.91 Å². The summed E-state index contributed by atoms with van der Waals surface area (Å²) in [5, 5.41) is -0.204. The normalized spacial score (nSPS) is 20.7. The number of carbonyl (C=O) groups excluding carboxylic acids is 2. The van der Waals surface area contributed by atoms with Crippen LogP contribution in [-0.4, -0.2) is 48.9 Å². The van der Waals surface area contributed by atoms with Crippen LogP contribution in [0.4, 0.5) is 0 Å². The Morgan fingerprint density at radius 3 is 2.77 bits per heavy atom. The van der Waals surface area contributed by atoms with E-state index in [1.165, 1.54) is 7.11 Å². The van der Waals surface area contributed by atoms with Crippen molar-refractivity contribution in [2.75, 3.05) is 26.1 Å². The summed E-state index contributed by atoms with van der Waals surface area (Å²) in [6.07, 6.45) is 1.58. The van der Waals surface area contributed by atoms with Gasteiger partial charge < -0.3 is 14.4 Å². The van der Waals surface area contributed by atoms with Crippen molar-refractivity contribution in [3.05, 3.63) is 48.6 Å². The van der Waals surface area contributed by atoms with E-state index in [4.69, 9.17) is 9.47 Å². The molecule has 0 spiro atoms. The number of esters is 1. The van der Waals surface area contributed by atoms with E-state index < -0.39 is 12.0 Å². The van der Waals surface area contributed by atoms with Crippen molar-refractivity contribution >= 4 is 23.6 Å². The predicted molar refractivity (Wildman–Crippen MR) is 85.3 cm³/mol. The number of nitrogens with zero attached hydrogens (tertiary/aromatic N) is 1. The minimum absolute atomic E-state index is 0.0800. The van der Waals surface area contributed by atoms with Crippen LogP contribution in [0.1, 0.15) is 10.9 Å². The molecule has 1 aliphatic rings. The molecule has 0 saturated carbocycles. The SMILES string of the molecule is C=CCOCC(=O)N1[C@@H](c2ccccc2)SC[C@H]1C(=O)OC. The fraction of sp³-hybridized carbons (Fsp3) is 0.375. The zero-order valence-corrected chi connectivity index (χ0v) is 13.3. The molecule has 6 heteroatoms. The number of carbonyl (C=O) groups is 2. The van der Waals surface area contributed by atoms with Gasteiger partial charge in [0, 0.05) is 5.75 Å². The fourth-order valence-corrected chi connectivity index (χ4v) is 3.74. The second-order valence-corrected chi connectivity index (χ2v) is 5.85. The van der Waals surface area contributed by atoms with Gasteiger partial charge in [0.05, 0.1) is 13.7 Å². The maximum Gasteiger partial charge on any atom is 0.329 e. The van der Waals surface area contributed by atoms with Crippen molar-refractivity contribution in [3.63, 3.8) is 0 Å². The van der Waals surface area contributed by atoms with Gasteiger partial charge in [-0.05, 0) is 5.56 Å². The predicted octanol–water partition coefficient (Wildman–Crippen LogP) is 2.00. The molecular weight excluding hydrogens is 302 g/mol. The number of hydrogen-bond acceptors (Lipinski definition) is 5. The first-order valence-electron chi connectivity index (χ1n) is 6.93. The summed E-state index contributed by atoms with van der Waals surface area (Å²) in [7, 11) is 1.33. The van der Waals surface area contributed by atoms with E-state index >= 15 is 0 Å². The van der Waals surface area contributed by atoms with E-state index in [2.05, 4.69) is 6.58 Å². The standard InChI is InChI=1S/C16H19NO4S/c1-3-9-21-10-14(18)17-13(16(19)20-2)11-22-15(17)12-7-5-4-6-8-12/h3-8,13,15H,1,9-11H2,2H3/t13-,15+/m0/s1. The highest BCUT2D eigenvalue weighted by Gasteiger charge is 2.42. The van der Waals surface area contributed by atoms with Crippen molar-refractivity contribution < 1.29 is 19.1 Å². The molecule has 1 saturated heterocycles. The van der Waals surface area contributed by atoms with Gasteiger partial charge in [0.2, 0.25) is 0 Å². The third kappa shape index (κ3) is 3.69. The largest absolute Gasteiger partial charge is 0.467 e. The molecule has 0 aliphatic carbocycles. The summed E-state index contributed by atoms with van der Waals surface area (Å²) in [5.41, 5.74) is 0.982. The first-order chi connectivity index (χ1) is 10.7. The first-order valence-corrected chi connectivity index (χ1v) is 7.98. The van der Waals surface area contributed by atoms with Gasteiger partial charge in [0.1, 0.15) is 18.0 Å². The molecule has 2 rings (SSSR count). The number of rotatable bonds is 6. The second-order valence-electron chi connectivity index (χ2n) is 4.74. The van der Waals surface area contributed by atoms with Crippen molar-refractivity contribution in [1.82, 2.24) is 4.90 Å². The molecule has 1 fully saturated rings. The van der Waals surface area contributed by atoms with Crippen LogP contribution in [0.3, 0.4) is 0 Å². The molecule has 0 radical (unpaired) electrons. The minimum atomic E-state index is -0.583. The smallest absolute Gasteiger partial charge is 0.329 e. The number of amides is 1. The first kappa shape index (κ1) is 16.6. The second kappa shape index (κ2) is 8.00. The van der Waals surface area contributed by atoms with Gasteiger partial charge in [-0.3, -0.25) is 4.79 Å². The van der Waals surface area contributed by atoms with E-state index in [1.54, 1.807) is 22.7 Å². The fourth-order valence-electron chi connectivity index (χ4n) is 2.31. The Kier molecular flexibility index (Phi) is 6.03. The summed E-state index contributed by atoms with van der Waals surface area (Å²) in [4.78, 5) is 26.0. The minimum Gasteiger partial charge on any atom is -0.467 e. The van der Waals surface area contributed by atoms with E-state index in [1.807, 2.05) is 30.3 Å². The molecule has 1 aromatic rings. The Bertz CT molecular complexity index is 534. The average molecular weight is 321 g/mol. The Morgan fingerprint density at radius 1 is 1.41 bits per heavy atom. The quantitative estimate of drug-likeness (QED) is 0.456. The van der Waals surface area contributed by atoms with E-state index in [0.29, 0.717) is 12.4 Å². The van der Waals surface area contributed by atoms with Crippen LogP contribution < -0.4 is 0 Å². The van der Waals surface area contributed by atoms with E-state index in [9.17, 15) is 9.59 Å². The summed E-state index contributed by atoms with van der Waals surface area (Å²) in [6.45, 7) is 3.76. The third-order valence-electron chi connectivity index (χ3n) is 3.31. The molecule has 1 aliphatic heterocycles. The van der Waals surface area contributed by atoms with E-state index in [-0.39, 0.29) is 17.9 Å². The lowest BCUT2D eigenvalue weighted by Crippen LogP contribution is -2.45. The van der Waals surface area contributed by atoms with Gasteiger partial charge in [-0.25, -0.2) is 4.79 Å². The molecule has 5 nitrogen and oxygen atoms in total. The van der Waals surface area contributed by atoms with Crippen molar-refractivity contribution in [2.45, 2.75) is 11.4 Å². The topological polar surface area (TPSA) is 55.8 Å². The lowest BCUT2D eigenvalue weighted by molar-refractivity contribution is -0.153. The average Bonchev–Trinajstić information content (AvgIpc) is 3.00. The molecule has 0 bridgehead atoms. The van der Waals surface area contributed by atoms with Gasteiger partial charge in [-0.2, -0.15) is 0 Å². The molecule has 0 N–H and O–H groups in total. The molecule has 118 valence electrons.